The van der Waals surface area contributed by atoms with Crippen molar-refractivity contribution in [3.8, 4) is 0 Å². The van der Waals surface area contributed by atoms with E-state index in [0.717, 1.165) is 48.8 Å². The van der Waals surface area contributed by atoms with Crippen molar-refractivity contribution in [2.45, 2.75) is 39.2 Å². The second-order valence-corrected chi connectivity index (χ2v) is 7.45. The zero-order valence-electron chi connectivity index (χ0n) is 17.4. The molecule has 3 rings (SSSR count). The average molecular weight is 392 g/mol. The molecule has 0 saturated carbocycles. The molecule has 1 aromatic heterocycles. The van der Waals surface area contributed by atoms with Crippen LogP contribution in [0, 0.1) is 0 Å². The molecule has 2 aromatic carbocycles. The minimum absolute atomic E-state index is 0.154. The highest BCUT2D eigenvalue weighted by Gasteiger charge is 2.13. The van der Waals surface area contributed by atoms with E-state index in [1.165, 1.54) is 5.56 Å². The van der Waals surface area contributed by atoms with Crippen LogP contribution in [0.4, 0.5) is 5.69 Å². The number of nitrogens with one attached hydrogen (secondary N) is 2. The van der Waals surface area contributed by atoms with Gasteiger partial charge in [-0.05, 0) is 68.2 Å². The summed E-state index contributed by atoms with van der Waals surface area (Å²) in [5.74, 6) is 0.351. The van der Waals surface area contributed by atoms with Gasteiger partial charge in [-0.15, -0.1) is 0 Å². The van der Waals surface area contributed by atoms with E-state index in [0.29, 0.717) is 17.2 Å². The van der Waals surface area contributed by atoms with Crippen LogP contribution < -0.4 is 10.6 Å². The van der Waals surface area contributed by atoms with E-state index in [2.05, 4.69) is 36.6 Å². The van der Waals surface area contributed by atoms with Gasteiger partial charge in [0.25, 0.3) is 5.91 Å². The number of rotatable bonds is 9. The molecule has 0 saturated heterocycles. The summed E-state index contributed by atoms with van der Waals surface area (Å²) in [7, 11) is 1.91. The van der Waals surface area contributed by atoms with Gasteiger partial charge in [-0.1, -0.05) is 32.0 Å². The van der Waals surface area contributed by atoms with Crippen LogP contribution in [0.3, 0.4) is 0 Å². The van der Waals surface area contributed by atoms with Crippen molar-refractivity contribution in [3.05, 3.63) is 65.4 Å². The van der Waals surface area contributed by atoms with Crippen molar-refractivity contribution in [3.63, 3.8) is 0 Å². The van der Waals surface area contributed by atoms with Crippen LogP contribution in [0.25, 0.3) is 10.9 Å². The molecule has 1 heterocycles. The second kappa shape index (κ2) is 9.52. The van der Waals surface area contributed by atoms with E-state index in [4.69, 9.17) is 0 Å². The van der Waals surface area contributed by atoms with Crippen LogP contribution in [0.5, 0.6) is 0 Å². The van der Waals surface area contributed by atoms with Crippen LogP contribution in [0.15, 0.2) is 48.5 Å². The molecule has 0 aliphatic carbocycles. The lowest BCUT2D eigenvalue weighted by molar-refractivity contribution is 0.102. The van der Waals surface area contributed by atoms with E-state index < -0.39 is 0 Å². The Morgan fingerprint density at radius 1 is 1.14 bits per heavy atom. The summed E-state index contributed by atoms with van der Waals surface area (Å²) in [5.41, 5.74) is 4.17. The Kier molecular flexibility index (Phi) is 6.83. The van der Waals surface area contributed by atoms with Crippen molar-refractivity contribution in [1.82, 2.24) is 9.88 Å². The highest BCUT2D eigenvalue weighted by Crippen LogP contribution is 2.23. The first kappa shape index (κ1) is 20.8. The van der Waals surface area contributed by atoms with Crippen LogP contribution in [0.1, 0.15) is 59.0 Å². The summed E-state index contributed by atoms with van der Waals surface area (Å²) in [5, 5.41) is 7.06. The van der Waals surface area contributed by atoms with Gasteiger partial charge in [0.15, 0.2) is 6.29 Å². The fourth-order valence-electron chi connectivity index (χ4n) is 3.51. The van der Waals surface area contributed by atoms with Gasteiger partial charge in [0, 0.05) is 28.7 Å². The molecule has 0 radical (unpaired) electrons. The zero-order chi connectivity index (χ0) is 20.8. The van der Waals surface area contributed by atoms with Crippen molar-refractivity contribution in [1.29, 1.82) is 0 Å². The topological polar surface area (TPSA) is 63.1 Å². The van der Waals surface area contributed by atoms with Crippen LogP contribution in [-0.4, -0.2) is 30.4 Å². The molecule has 152 valence electrons. The van der Waals surface area contributed by atoms with Gasteiger partial charge in [-0.3, -0.25) is 9.59 Å². The number of carbonyl (C=O) groups is 2. The van der Waals surface area contributed by atoms with Crippen molar-refractivity contribution in [2.24, 2.45) is 0 Å². The maximum absolute atomic E-state index is 12.8. The Hall–Kier alpha value is -2.92. The third-order valence-electron chi connectivity index (χ3n) is 5.48. The number of aromatic nitrogens is 1. The molecule has 0 aliphatic rings. The van der Waals surface area contributed by atoms with Crippen LogP contribution in [0.2, 0.25) is 0 Å². The number of aldehydes is 1. The first-order valence-electron chi connectivity index (χ1n) is 10.2. The Morgan fingerprint density at radius 2 is 1.90 bits per heavy atom. The lowest BCUT2D eigenvalue weighted by Gasteiger charge is -2.11. The van der Waals surface area contributed by atoms with Crippen molar-refractivity contribution < 1.29 is 9.59 Å². The monoisotopic (exact) mass is 391 g/mol. The first-order valence-corrected chi connectivity index (χ1v) is 10.2. The molecule has 0 fully saturated rings. The minimum Gasteiger partial charge on any atom is -0.338 e. The number of hydrogen-bond acceptors (Lipinski definition) is 3. The van der Waals surface area contributed by atoms with E-state index in [9.17, 15) is 9.59 Å². The maximum atomic E-state index is 12.8. The summed E-state index contributed by atoms with van der Waals surface area (Å²) < 4.78 is 1.98. The van der Waals surface area contributed by atoms with Gasteiger partial charge >= 0.3 is 0 Å². The van der Waals surface area contributed by atoms with Crippen LogP contribution >= 0.6 is 0 Å². The number of benzene rings is 2. The Morgan fingerprint density at radius 3 is 2.55 bits per heavy atom. The van der Waals surface area contributed by atoms with Gasteiger partial charge in [-0.25, -0.2) is 0 Å². The minimum atomic E-state index is -0.154. The molecule has 2 N–H and O–H groups in total. The number of hydrogen-bond donors (Lipinski definition) is 2. The number of carbonyl (C=O) groups excluding carboxylic acids is 2. The fourth-order valence-corrected chi connectivity index (χ4v) is 3.51. The smallest absolute Gasteiger partial charge is 0.255 e. The molecule has 3 aromatic rings. The number of anilines is 1. The molecule has 1 unspecified atom stereocenters. The zero-order valence-corrected chi connectivity index (χ0v) is 17.4. The highest BCUT2D eigenvalue weighted by molar-refractivity contribution is 6.06. The van der Waals surface area contributed by atoms with Crippen molar-refractivity contribution in [2.75, 3.05) is 18.9 Å². The van der Waals surface area contributed by atoms with Crippen molar-refractivity contribution >= 4 is 28.8 Å². The Balaban J connectivity index is 1.82. The summed E-state index contributed by atoms with van der Waals surface area (Å²) in [4.78, 5) is 24.3. The predicted octanol–water partition coefficient (Wildman–Crippen LogP) is 4.83. The molecule has 0 aliphatic heterocycles. The van der Waals surface area contributed by atoms with Gasteiger partial charge in [0.1, 0.15) is 0 Å². The fraction of sp³-hybridized carbons (Fsp3) is 0.333. The molecule has 5 heteroatoms. The average Bonchev–Trinajstić information content (AvgIpc) is 3.11. The molecule has 1 atom stereocenters. The Labute approximate surface area is 172 Å². The quantitative estimate of drug-likeness (QED) is 0.406. The SMILES string of the molecule is CCC(C)c1ccc(NC(=O)c2ccc3cc(C=O)n(CCCNC)c3c2)cc1. The van der Waals surface area contributed by atoms with Gasteiger partial charge in [0.05, 0.1) is 5.69 Å². The lowest BCUT2D eigenvalue weighted by Crippen LogP contribution is -2.13. The maximum Gasteiger partial charge on any atom is 0.255 e. The predicted molar refractivity (Wildman–Crippen MR) is 119 cm³/mol. The second-order valence-electron chi connectivity index (χ2n) is 7.45. The molecular formula is C24H29N3O2. The number of nitrogens with zero attached hydrogens (tertiary/aromatic N) is 1. The van der Waals surface area contributed by atoms with E-state index in [-0.39, 0.29) is 5.91 Å². The van der Waals surface area contributed by atoms with E-state index in [1.54, 1.807) is 6.07 Å². The van der Waals surface area contributed by atoms with Gasteiger partial charge in [0.2, 0.25) is 0 Å². The molecule has 1 amide bonds. The van der Waals surface area contributed by atoms with E-state index >= 15 is 0 Å². The molecule has 0 bridgehead atoms. The van der Waals surface area contributed by atoms with Gasteiger partial charge < -0.3 is 15.2 Å². The Bertz CT molecular complexity index is 989. The van der Waals surface area contributed by atoms with E-state index in [1.807, 2.05) is 41.9 Å². The molecular weight excluding hydrogens is 362 g/mol. The summed E-state index contributed by atoms with van der Waals surface area (Å²) in [6.45, 7) is 5.95. The van der Waals surface area contributed by atoms with Gasteiger partial charge in [-0.2, -0.15) is 0 Å². The first-order chi connectivity index (χ1) is 14.1. The number of fused-ring (bicyclic) bond motifs is 1. The largest absolute Gasteiger partial charge is 0.338 e. The standard InChI is InChI=1S/C24H29N3O2/c1-4-17(2)18-8-10-21(11-9-18)26-24(29)20-7-6-19-14-22(16-28)27(23(19)15-20)13-5-12-25-3/h6-11,14-17,25H,4-5,12-13H2,1-3H3,(H,26,29). The summed E-state index contributed by atoms with van der Waals surface area (Å²) in [6.07, 6.45) is 2.86. The number of aryl methyl sites for hydroxylation is 1. The summed E-state index contributed by atoms with van der Waals surface area (Å²) >= 11 is 0. The third-order valence-corrected chi connectivity index (χ3v) is 5.48. The third kappa shape index (κ3) is 4.74. The molecule has 0 spiro atoms. The summed E-state index contributed by atoms with van der Waals surface area (Å²) in [6, 6.07) is 15.5. The lowest BCUT2D eigenvalue weighted by atomic mass is 9.98. The normalized spacial score (nSPS) is 12.1. The highest BCUT2D eigenvalue weighted by atomic mass is 16.1. The molecule has 5 nitrogen and oxygen atoms in total. The van der Waals surface area contributed by atoms with Crippen LogP contribution in [-0.2, 0) is 6.54 Å². The number of amides is 1. The molecule has 29 heavy (non-hydrogen) atoms.